The SMILES string of the molecule is C=CC1=CCC2C(=O)N(Nc3ccc(F)cc3)C(=O)C2(c2ccc(Cl)cc2)C1c1ccc(O)c(F)c1. The summed E-state index contributed by atoms with van der Waals surface area (Å²) in [5.74, 6) is -4.46. The molecule has 2 N–H and O–H groups in total. The maximum absolute atomic E-state index is 14.5. The summed E-state index contributed by atoms with van der Waals surface area (Å²) in [5, 5.41) is 11.2. The van der Waals surface area contributed by atoms with Gasteiger partial charge >= 0.3 is 0 Å². The molecule has 0 bridgehead atoms. The lowest BCUT2D eigenvalue weighted by atomic mass is 9.56. The molecule has 0 radical (unpaired) electrons. The number of amides is 2. The van der Waals surface area contributed by atoms with Gasteiger partial charge in [0.1, 0.15) is 5.82 Å². The van der Waals surface area contributed by atoms with Gasteiger partial charge in [0.2, 0.25) is 0 Å². The smallest absolute Gasteiger partial charge is 0.260 e. The molecule has 1 aliphatic carbocycles. The van der Waals surface area contributed by atoms with Crippen molar-refractivity contribution in [3.63, 3.8) is 0 Å². The number of phenolic OH excluding ortho intramolecular Hbond substituents is 1. The highest BCUT2D eigenvalue weighted by Crippen LogP contribution is 2.57. The zero-order chi connectivity index (χ0) is 25.6. The molecule has 5 rings (SSSR count). The molecule has 8 heteroatoms. The summed E-state index contributed by atoms with van der Waals surface area (Å²) < 4.78 is 28.0. The number of allylic oxidation sites excluding steroid dienone is 3. The van der Waals surface area contributed by atoms with Crippen LogP contribution < -0.4 is 5.43 Å². The van der Waals surface area contributed by atoms with Crippen molar-refractivity contribution in [1.29, 1.82) is 0 Å². The van der Waals surface area contributed by atoms with Gasteiger partial charge in [0.15, 0.2) is 11.6 Å². The fourth-order valence-corrected chi connectivity index (χ4v) is 5.49. The van der Waals surface area contributed by atoms with E-state index < -0.39 is 46.4 Å². The molecule has 2 amide bonds. The first-order valence-electron chi connectivity index (χ1n) is 11.2. The summed E-state index contributed by atoms with van der Waals surface area (Å²) in [6, 6.07) is 15.9. The molecule has 0 saturated carbocycles. The van der Waals surface area contributed by atoms with E-state index in [2.05, 4.69) is 12.0 Å². The molecular weight excluding hydrogens is 486 g/mol. The lowest BCUT2D eigenvalue weighted by Gasteiger charge is -2.43. The number of fused-ring (bicyclic) bond motifs is 1. The van der Waals surface area contributed by atoms with Gasteiger partial charge in [-0.1, -0.05) is 48.5 Å². The van der Waals surface area contributed by atoms with Crippen LogP contribution in [-0.2, 0) is 15.0 Å². The van der Waals surface area contributed by atoms with Gasteiger partial charge in [-0.15, -0.1) is 0 Å². The molecule has 3 aromatic carbocycles. The fraction of sp³-hybridized carbons (Fsp3) is 0.143. The van der Waals surface area contributed by atoms with E-state index in [9.17, 15) is 23.5 Å². The molecule has 5 nitrogen and oxygen atoms in total. The number of hydrogen-bond acceptors (Lipinski definition) is 4. The van der Waals surface area contributed by atoms with Crippen molar-refractivity contribution in [3.8, 4) is 5.75 Å². The second-order valence-corrected chi connectivity index (χ2v) is 9.25. The average Bonchev–Trinajstić information content (AvgIpc) is 3.09. The van der Waals surface area contributed by atoms with E-state index in [1.165, 1.54) is 42.5 Å². The van der Waals surface area contributed by atoms with Gasteiger partial charge in [-0.3, -0.25) is 15.0 Å². The number of carbonyl (C=O) groups is 2. The fourth-order valence-electron chi connectivity index (χ4n) is 5.37. The Morgan fingerprint density at radius 1 is 1.06 bits per heavy atom. The van der Waals surface area contributed by atoms with Crippen LogP contribution >= 0.6 is 11.6 Å². The van der Waals surface area contributed by atoms with Gasteiger partial charge in [0.25, 0.3) is 11.8 Å². The quantitative estimate of drug-likeness (QED) is 0.424. The molecule has 1 saturated heterocycles. The van der Waals surface area contributed by atoms with Crippen LogP contribution in [0.2, 0.25) is 5.02 Å². The normalized spacial score (nSPS) is 23.3. The molecule has 0 spiro atoms. The first kappa shape index (κ1) is 23.8. The summed E-state index contributed by atoms with van der Waals surface area (Å²) >= 11 is 6.14. The van der Waals surface area contributed by atoms with Crippen molar-refractivity contribution < 1.29 is 23.5 Å². The van der Waals surface area contributed by atoms with Crippen molar-refractivity contribution in [2.75, 3.05) is 5.43 Å². The Morgan fingerprint density at radius 2 is 1.75 bits per heavy atom. The van der Waals surface area contributed by atoms with Crippen molar-refractivity contribution in [2.45, 2.75) is 17.8 Å². The molecule has 3 atom stereocenters. The monoisotopic (exact) mass is 506 g/mol. The zero-order valence-electron chi connectivity index (χ0n) is 18.9. The Morgan fingerprint density at radius 3 is 2.39 bits per heavy atom. The van der Waals surface area contributed by atoms with Crippen LogP contribution in [-0.4, -0.2) is 21.9 Å². The zero-order valence-corrected chi connectivity index (χ0v) is 19.7. The summed E-state index contributed by atoms with van der Waals surface area (Å²) in [6.45, 7) is 3.90. The van der Waals surface area contributed by atoms with Crippen LogP contribution in [0.1, 0.15) is 23.5 Å². The number of hydrazine groups is 1. The topological polar surface area (TPSA) is 69.6 Å². The Balaban J connectivity index is 1.73. The number of phenols is 1. The van der Waals surface area contributed by atoms with Crippen molar-refractivity contribution in [1.82, 2.24) is 5.01 Å². The third-order valence-electron chi connectivity index (χ3n) is 6.95. The van der Waals surface area contributed by atoms with E-state index in [1.807, 2.05) is 6.08 Å². The molecule has 3 unspecified atom stereocenters. The molecule has 3 aromatic rings. The highest BCUT2D eigenvalue weighted by Gasteiger charge is 2.65. The minimum absolute atomic E-state index is 0.243. The first-order chi connectivity index (χ1) is 17.3. The van der Waals surface area contributed by atoms with E-state index >= 15 is 0 Å². The predicted octanol–water partition coefficient (Wildman–Crippen LogP) is 5.87. The highest BCUT2D eigenvalue weighted by molar-refractivity contribution is 6.30. The Labute approximate surface area is 211 Å². The lowest BCUT2D eigenvalue weighted by Crippen LogP contribution is -2.48. The molecule has 1 fully saturated rings. The minimum Gasteiger partial charge on any atom is -0.505 e. The van der Waals surface area contributed by atoms with Crippen LogP contribution in [0.25, 0.3) is 0 Å². The maximum atomic E-state index is 14.5. The Hall–Kier alpha value is -3.97. The summed E-state index contributed by atoms with van der Waals surface area (Å²) in [6.07, 6.45) is 3.66. The van der Waals surface area contributed by atoms with E-state index in [0.29, 0.717) is 27.4 Å². The average molecular weight is 507 g/mol. The van der Waals surface area contributed by atoms with Gasteiger partial charge in [-0.2, -0.15) is 5.01 Å². The minimum atomic E-state index is -1.46. The van der Waals surface area contributed by atoms with Crippen LogP contribution in [0.4, 0.5) is 14.5 Å². The second kappa shape index (κ2) is 8.91. The number of halogens is 3. The van der Waals surface area contributed by atoms with Gasteiger partial charge in [-0.25, -0.2) is 8.78 Å². The van der Waals surface area contributed by atoms with Gasteiger partial charge in [0.05, 0.1) is 17.0 Å². The molecular formula is C28H21ClF2N2O3. The van der Waals surface area contributed by atoms with Crippen LogP contribution in [0, 0.1) is 17.6 Å². The van der Waals surface area contributed by atoms with Crippen LogP contribution in [0.3, 0.4) is 0 Å². The largest absolute Gasteiger partial charge is 0.505 e. The Kier molecular flexibility index (Phi) is 5.88. The number of aromatic hydroxyl groups is 1. The first-order valence-corrected chi connectivity index (χ1v) is 11.6. The van der Waals surface area contributed by atoms with Gasteiger partial charge in [-0.05, 0) is 71.7 Å². The third kappa shape index (κ3) is 3.58. The number of hydrogen-bond donors (Lipinski definition) is 2. The number of nitrogens with one attached hydrogen (secondary N) is 1. The van der Waals surface area contributed by atoms with Crippen molar-refractivity contribution in [3.05, 3.63) is 119 Å². The van der Waals surface area contributed by atoms with Crippen LogP contribution in [0.15, 0.2) is 91.0 Å². The Bertz CT molecular complexity index is 1410. The second-order valence-electron chi connectivity index (χ2n) is 8.81. The number of carbonyl (C=O) groups excluding carboxylic acids is 2. The maximum Gasteiger partial charge on any atom is 0.260 e. The van der Waals surface area contributed by atoms with E-state index in [4.69, 9.17) is 11.6 Å². The number of rotatable bonds is 5. The number of imide groups is 1. The van der Waals surface area contributed by atoms with Crippen molar-refractivity contribution in [2.24, 2.45) is 5.92 Å². The van der Waals surface area contributed by atoms with E-state index in [1.54, 1.807) is 30.3 Å². The number of anilines is 1. The molecule has 1 heterocycles. The van der Waals surface area contributed by atoms with Gasteiger partial charge < -0.3 is 5.11 Å². The summed E-state index contributed by atoms with van der Waals surface area (Å²) in [7, 11) is 0. The number of benzene rings is 3. The summed E-state index contributed by atoms with van der Waals surface area (Å²) in [4.78, 5) is 28.1. The molecule has 2 aliphatic rings. The molecule has 182 valence electrons. The molecule has 36 heavy (non-hydrogen) atoms. The van der Waals surface area contributed by atoms with Crippen molar-refractivity contribution >= 4 is 29.1 Å². The van der Waals surface area contributed by atoms with Crippen LogP contribution in [0.5, 0.6) is 5.75 Å². The van der Waals surface area contributed by atoms with Gasteiger partial charge in [0, 0.05) is 10.9 Å². The van der Waals surface area contributed by atoms with E-state index in [-0.39, 0.29) is 6.42 Å². The van der Waals surface area contributed by atoms with E-state index in [0.717, 1.165) is 5.01 Å². The summed E-state index contributed by atoms with van der Waals surface area (Å²) in [5.41, 5.74) is 3.31. The molecule has 1 aliphatic heterocycles. The molecule has 0 aromatic heterocycles. The lowest BCUT2D eigenvalue weighted by molar-refractivity contribution is -0.138. The predicted molar refractivity (Wildman–Crippen MR) is 132 cm³/mol. The third-order valence-corrected chi connectivity index (χ3v) is 7.20. The highest BCUT2D eigenvalue weighted by atomic mass is 35.5. The number of nitrogens with zero attached hydrogens (tertiary/aromatic N) is 1. The standard InChI is InChI=1S/C28H21ClF2N2O3/c1-2-16-3-13-22-26(35)33(32-21-11-9-20(30)10-12-21)27(36)28(22,18-5-7-19(29)8-6-18)25(16)17-4-14-24(34)23(31)15-17/h2-12,14-15,22,25,32,34H,1,13H2.